The van der Waals surface area contributed by atoms with Crippen LogP contribution in [0.4, 0.5) is 5.69 Å². The van der Waals surface area contributed by atoms with Crippen LogP contribution in [0.15, 0.2) is 24.3 Å². The van der Waals surface area contributed by atoms with Crippen LogP contribution in [0.5, 0.6) is 0 Å². The first kappa shape index (κ1) is 12.9. The molecule has 1 unspecified atom stereocenters. The van der Waals surface area contributed by atoms with E-state index in [0.29, 0.717) is 24.8 Å². The lowest BCUT2D eigenvalue weighted by molar-refractivity contribution is -0.120. The molecular formula is C14H20N2O2. The molecule has 0 radical (unpaired) electrons. The monoisotopic (exact) mass is 248 g/mol. The number of hydrogen-bond acceptors (Lipinski definition) is 3. The van der Waals surface area contributed by atoms with E-state index >= 15 is 0 Å². The molecule has 0 spiro atoms. The van der Waals surface area contributed by atoms with Crippen molar-refractivity contribution in [2.24, 2.45) is 0 Å². The fraction of sp³-hybridized carbons (Fsp3) is 0.500. The second-order valence-corrected chi connectivity index (χ2v) is 4.70. The number of benzene rings is 1. The molecule has 3 N–H and O–H groups in total. The zero-order chi connectivity index (χ0) is 12.8. The summed E-state index contributed by atoms with van der Waals surface area (Å²) < 4.78 is 5.50. The van der Waals surface area contributed by atoms with Gasteiger partial charge in [-0.3, -0.25) is 4.79 Å². The Balaban J connectivity index is 1.68. The van der Waals surface area contributed by atoms with Crippen LogP contribution in [0.2, 0.25) is 0 Å². The van der Waals surface area contributed by atoms with Crippen molar-refractivity contribution in [2.75, 3.05) is 18.9 Å². The van der Waals surface area contributed by atoms with Crippen LogP contribution in [0.25, 0.3) is 0 Å². The van der Waals surface area contributed by atoms with Crippen LogP contribution in [0, 0.1) is 0 Å². The molecule has 98 valence electrons. The summed E-state index contributed by atoms with van der Waals surface area (Å²) in [7, 11) is 0. The number of nitrogens with two attached hydrogens (primary N) is 1. The summed E-state index contributed by atoms with van der Waals surface area (Å²) in [4.78, 5) is 11.7. The minimum atomic E-state index is 0.0404. The first-order valence-corrected chi connectivity index (χ1v) is 6.47. The second-order valence-electron chi connectivity index (χ2n) is 4.70. The minimum absolute atomic E-state index is 0.0404. The van der Waals surface area contributed by atoms with Crippen LogP contribution in [0.1, 0.15) is 24.8 Å². The molecule has 4 nitrogen and oxygen atoms in total. The van der Waals surface area contributed by atoms with Gasteiger partial charge < -0.3 is 15.8 Å². The summed E-state index contributed by atoms with van der Waals surface area (Å²) in [6, 6.07) is 7.43. The summed E-state index contributed by atoms with van der Waals surface area (Å²) in [6.07, 6.45) is 3.88. The van der Waals surface area contributed by atoms with Gasteiger partial charge in [0.25, 0.3) is 0 Å². The Kier molecular flexibility index (Phi) is 4.59. The molecule has 0 saturated carbocycles. The number of carbonyl (C=O) groups excluding carboxylic acids is 1. The zero-order valence-electron chi connectivity index (χ0n) is 10.5. The number of amides is 1. The highest BCUT2D eigenvalue weighted by molar-refractivity contribution is 5.78. The predicted octanol–water partition coefficient (Wildman–Crippen LogP) is 1.50. The molecule has 1 aromatic rings. The van der Waals surface area contributed by atoms with Gasteiger partial charge in [0.05, 0.1) is 12.5 Å². The third kappa shape index (κ3) is 4.04. The van der Waals surface area contributed by atoms with Crippen LogP contribution in [-0.4, -0.2) is 25.2 Å². The number of anilines is 1. The Hall–Kier alpha value is -1.55. The Labute approximate surface area is 108 Å². The van der Waals surface area contributed by atoms with Crippen molar-refractivity contribution < 1.29 is 9.53 Å². The number of carbonyl (C=O) groups is 1. The first-order chi connectivity index (χ1) is 8.74. The maximum absolute atomic E-state index is 11.7. The van der Waals surface area contributed by atoms with Crippen molar-refractivity contribution >= 4 is 11.6 Å². The molecule has 1 saturated heterocycles. The fourth-order valence-corrected chi connectivity index (χ4v) is 2.20. The molecule has 1 fully saturated rings. The molecule has 0 aromatic heterocycles. The molecule has 4 heteroatoms. The molecule has 0 bridgehead atoms. The molecule has 1 atom stereocenters. The maximum atomic E-state index is 11.7. The van der Waals surface area contributed by atoms with Gasteiger partial charge in [-0.2, -0.15) is 0 Å². The average molecular weight is 248 g/mol. The summed E-state index contributed by atoms with van der Waals surface area (Å²) in [5.41, 5.74) is 7.31. The fourth-order valence-electron chi connectivity index (χ4n) is 2.20. The third-order valence-electron chi connectivity index (χ3n) is 3.13. The largest absolute Gasteiger partial charge is 0.399 e. The Morgan fingerprint density at radius 3 is 3.11 bits per heavy atom. The van der Waals surface area contributed by atoms with Crippen LogP contribution in [0.3, 0.4) is 0 Å². The van der Waals surface area contributed by atoms with Gasteiger partial charge in [-0.15, -0.1) is 0 Å². The van der Waals surface area contributed by atoms with Gasteiger partial charge in [-0.25, -0.2) is 0 Å². The number of nitrogen functional groups attached to an aromatic ring is 1. The van der Waals surface area contributed by atoms with E-state index in [2.05, 4.69) is 5.32 Å². The van der Waals surface area contributed by atoms with E-state index in [0.717, 1.165) is 31.4 Å². The van der Waals surface area contributed by atoms with Crippen LogP contribution >= 0.6 is 0 Å². The highest BCUT2D eigenvalue weighted by Crippen LogP contribution is 2.14. The van der Waals surface area contributed by atoms with Gasteiger partial charge in [0.1, 0.15) is 0 Å². The average Bonchev–Trinajstić information content (AvgIpc) is 2.82. The molecule has 2 rings (SSSR count). The smallest absolute Gasteiger partial charge is 0.224 e. The number of hydrogen-bond donors (Lipinski definition) is 2. The number of ether oxygens (including phenoxy) is 1. The van der Waals surface area contributed by atoms with Crippen molar-refractivity contribution in [3.8, 4) is 0 Å². The number of rotatable bonds is 5. The summed E-state index contributed by atoms with van der Waals surface area (Å²) in [5, 5.41) is 2.92. The lowest BCUT2D eigenvalue weighted by Crippen LogP contribution is -2.28. The van der Waals surface area contributed by atoms with E-state index < -0.39 is 0 Å². The number of nitrogens with one attached hydrogen (secondary N) is 1. The molecular weight excluding hydrogens is 228 g/mol. The lowest BCUT2D eigenvalue weighted by Gasteiger charge is -2.10. The highest BCUT2D eigenvalue weighted by atomic mass is 16.5. The Morgan fingerprint density at radius 1 is 1.50 bits per heavy atom. The van der Waals surface area contributed by atoms with E-state index in [9.17, 15) is 4.79 Å². The van der Waals surface area contributed by atoms with Crippen molar-refractivity contribution in [2.45, 2.75) is 31.8 Å². The van der Waals surface area contributed by atoms with Crippen molar-refractivity contribution in [1.82, 2.24) is 5.32 Å². The minimum Gasteiger partial charge on any atom is -0.399 e. The van der Waals surface area contributed by atoms with Gasteiger partial charge in [-0.05, 0) is 37.0 Å². The molecule has 1 aliphatic heterocycles. The predicted molar refractivity (Wildman–Crippen MR) is 71.2 cm³/mol. The quantitative estimate of drug-likeness (QED) is 0.776. The topological polar surface area (TPSA) is 64.4 Å². The molecule has 1 aromatic carbocycles. The highest BCUT2D eigenvalue weighted by Gasteiger charge is 2.15. The molecule has 0 aliphatic carbocycles. The van der Waals surface area contributed by atoms with Gasteiger partial charge in [-0.1, -0.05) is 12.1 Å². The normalized spacial score (nSPS) is 18.8. The first-order valence-electron chi connectivity index (χ1n) is 6.47. The van der Waals surface area contributed by atoms with E-state index in [1.807, 2.05) is 24.3 Å². The molecule has 1 amide bonds. The van der Waals surface area contributed by atoms with Gasteiger partial charge in [0, 0.05) is 18.8 Å². The SMILES string of the molecule is Nc1cccc(CC(=O)NCCC2CCCO2)c1. The summed E-state index contributed by atoms with van der Waals surface area (Å²) >= 11 is 0. The van der Waals surface area contributed by atoms with Crippen molar-refractivity contribution in [3.05, 3.63) is 29.8 Å². The van der Waals surface area contributed by atoms with Crippen molar-refractivity contribution in [3.63, 3.8) is 0 Å². The lowest BCUT2D eigenvalue weighted by atomic mass is 10.1. The molecule has 1 heterocycles. The second kappa shape index (κ2) is 6.40. The third-order valence-corrected chi connectivity index (χ3v) is 3.13. The maximum Gasteiger partial charge on any atom is 0.224 e. The van der Waals surface area contributed by atoms with E-state index in [1.54, 1.807) is 0 Å². The van der Waals surface area contributed by atoms with E-state index in [-0.39, 0.29) is 5.91 Å². The zero-order valence-corrected chi connectivity index (χ0v) is 10.5. The van der Waals surface area contributed by atoms with Gasteiger partial charge in [0.15, 0.2) is 0 Å². The van der Waals surface area contributed by atoms with Gasteiger partial charge in [0.2, 0.25) is 5.91 Å². The molecule has 1 aliphatic rings. The van der Waals surface area contributed by atoms with Crippen LogP contribution in [-0.2, 0) is 16.0 Å². The van der Waals surface area contributed by atoms with E-state index in [1.165, 1.54) is 0 Å². The van der Waals surface area contributed by atoms with Crippen LogP contribution < -0.4 is 11.1 Å². The summed E-state index contributed by atoms with van der Waals surface area (Å²) in [6.45, 7) is 1.55. The Bertz CT molecular complexity index is 401. The standard InChI is InChI=1S/C14H20N2O2/c15-12-4-1-3-11(9-12)10-14(17)16-7-6-13-5-2-8-18-13/h1,3-4,9,13H,2,5-8,10,15H2,(H,16,17). The van der Waals surface area contributed by atoms with Crippen molar-refractivity contribution in [1.29, 1.82) is 0 Å². The Morgan fingerprint density at radius 2 is 2.39 bits per heavy atom. The molecule has 18 heavy (non-hydrogen) atoms. The van der Waals surface area contributed by atoms with E-state index in [4.69, 9.17) is 10.5 Å². The summed E-state index contributed by atoms with van der Waals surface area (Å²) in [5.74, 6) is 0.0404. The van der Waals surface area contributed by atoms with Gasteiger partial charge >= 0.3 is 0 Å².